The molecule has 0 saturated carbocycles. The fourth-order valence-electron chi connectivity index (χ4n) is 1.27. The van der Waals surface area contributed by atoms with Crippen LogP contribution < -0.4 is 5.90 Å². The first-order valence-corrected chi connectivity index (χ1v) is 6.94. The van der Waals surface area contributed by atoms with Crippen molar-refractivity contribution in [3.63, 3.8) is 0 Å². The maximum Gasteiger partial charge on any atom is 0.175 e. The van der Waals surface area contributed by atoms with Crippen molar-refractivity contribution in [1.82, 2.24) is 0 Å². The Bertz CT molecular complexity index is 445. The summed E-state index contributed by atoms with van der Waals surface area (Å²) in [6, 6.07) is 5.03. The summed E-state index contributed by atoms with van der Waals surface area (Å²) in [6.07, 6.45) is 1.65. The maximum atomic E-state index is 11.4. The molecule has 6 heteroatoms. The molecule has 0 spiro atoms. The van der Waals surface area contributed by atoms with E-state index in [4.69, 9.17) is 5.90 Å². The number of hydrogen-bond acceptors (Lipinski definition) is 4. The summed E-state index contributed by atoms with van der Waals surface area (Å²) in [6.45, 7) is 0.291. The third-order valence-corrected chi connectivity index (χ3v) is 3.60. The van der Waals surface area contributed by atoms with Crippen molar-refractivity contribution in [2.45, 2.75) is 11.3 Å². The molecule has 0 atom stereocenters. The van der Waals surface area contributed by atoms with E-state index in [1.807, 2.05) is 0 Å². The van der Waals surface area contributed by atoms with Crippen molar-refractivity contribution >= 4 is 25.8 Å². The van der Waals surface area contributed by atoms with Gasteiger partial charge in [-0.05, 0) is 30.2 Å². The second-order valence-electron chi connectivity index (χ2n) is 3.15. The van der Waals surface area contributed by atoms with Gasteiger partial charge in [-0.1, -0.05) is 15.9 Å². The number of hydrogen-bond donors (Lipinski definition) is 1. The van der Waals surface area contributed by atoms with E-state index in [0.717, 1.165) is 4.47 Å². The van der Waals surface area contributed by atoms with E-state index < -0.39 is 9.84 Å². The highest BCUT2D eigenvalue weighted by Gasteiger charge is 2.13. The molecule has 4 nitrogen and oxygen atoms in total. The standard InChI is InChI=1S/C9H12BrNO3S/c1-15(12,13)9-3-2-8(10)6-7(9)4-5-14-11/h2-3,6H,4-5,11H2,1H3. The van der Waals surface area contributed by atoms with Crippen LogP contribution in [0.3, 0.4) is 0 Å². The van der Waals surface area contributed by atoms with Gasteiger partial charge in [0, 0.05) is 10.7 Å². The predicted molar refractivity (Wildman–Crippen MR) is 61.1 cm³/mol. The first kappa shape index (κ1) is 12.6. The molecule has 1 aromatic rings. The lowest BCUT2D eigenvalue weighted by Crippen LogP contribution is -2.08. The van der Waals surface area contributed by atoms with E-state index in [0.29, 0.717) is 23.5 Å². The predicted octanol–water partition coefficient (Wildman–Crippen LogP) is 1.29. The minimum atomic E-state index is -3.20. The summed E-state index contributed by atoms with van der Waals surface area (Å²) < 4.78 is 23.7. The van der Waals surface area contributed by atoms with E-state index in [-0.39, 0.29) is 0 Å². The smallest absolute Gasteiger partial charge is 0.175 e. The quantitative estimate of drug-likeness (QED) is 0.849. The molecular formula is C9H12BrNO3S. The van der Waals surface area contributed by atoms with Crippen LogP contribution in [0, 0.1) is 0 Å². The summed E-state index contributed by atoms with van der Waals surface area (Å²) in [5, 5.41) is 0. The van der Waals surface area contributed by atoms with Gasteiger partial charge in [-0.2, -0.15) is 0 Å². The fraction of sp³-hybridized carbons (Fsp3) is 0.333. The Morgan fingerprint density at radius 2 is 2.13 bits per heavy atom. The molecule has 84 valence electrons. The molecule has 0 aliphatic heterocycles. The molecule has 1 rings (SSSR count). The van der Waals surface area contributed by atoms with Crippen molar-refractivity contribution in [1.29, 1.82) is 0 Å². The van der Waals surface area contributed by atoms with Crippen LogP contribution >= 0.6 is 15.9 Å². The van der Waals surface area contributed by atoms with Crippen molar-refractivity contribution in [2.24, 2.45) is 5.90 Å². The Morgan fingerprint density at radius 1 is 1.47 bits per heavy atom. The number of nitrogens with two attached hydrogens (primary N) is 1. The van der Waals surface area contributed by atoms with Crippen LogP contribution in [0.1, 0.15) is 5.56 Å². The van der Waals surface area contributed by atoms with Crippen LogP contribution in [0.15, 0.2) is 27.6 Å². The average molecular weight is 294 g/mol. The molecule has 0 fully saturated rings. The Hall–Kier alpha value is -0.430. The highest BCUT2D eigenvalue weighted by atomic mass is 79.9. The number of sulfone groups is 1. The lowest BCUT2D eigenvalue weighted by molar-refractivity contribution is 0.141. The van der Waals surface area contributed by atoms with E-state index in [1.165, 1.54) is 6.26 Å². The van der Waals surface area contributed by atoms with Gasteiger partial charge in [-0.3, -0.25) is 0 Å². The number of benzene rings is 1. The van der Waals surface area contributed by atoms with E-state index in [2.05, 4.69) is 20.8 Å². The van der Waals surface area contributed by atoms with Gasteiger partial charge in [-0.25, -0.2) is 14.3 Å². The molecule has 0 bridgehead atoms. The van der Waals surface area contributed by atoms with Crippen molar-refractivity contribution in [3.05, 3.63) is 28.2 Å². The lowest BCUT2D eigenvalue weighted by Gasteiger charge is -2.07. The molecule has 0 unspecified atom stereocenters. The highest BCUT2D eigenvalue weighted by Crippen LogP contribution is 2.21. The summed E-state index contributed by atoms with van der Waals surface area (Å²) >= 11 is 3.29. The normalized spacial score (nSPS) is 11.7. The molecule has 15 heavy (non-hydrogen) atoms. The Kier molecular flexibility index (Phi) is 4.27. The second kappa shape index (κ2) is 5.07. The third kappa shape index (κ3) is 3.57. The topological polar surface area (TPSA) is 69.4 Å². The van der Waals surface area contributed by atoms with Crippen LogP contribution in [0.5, 0.6) is 0 Å². The summed E-state index contributed by atoms with van der Waals surface area (Å²) in [5.74, 6) is 4.91. The van der Waals surface area contributed by atoms with Gasteiger partial charge < -0.3 is 4.84 Å². The van der Waals surface area contributed by atoms with Crippen LogP contribution in [-0.4, -0.2) is 21.3 Å². The lowest BCUT2D eigenvalue weighted by atomic mass is 10.2. The largest absolute Gasteiger partial charge is 0.304 e. The molecule has 0 saturated heterocycles. The van der Waals surface area contributed by atoms with Gasteiger partial charge in [-0.15, -0.1) is 0 Å². The van der Waals surface area contributed by atoms with Gasteiger partial charge in [0.1, 0.15) is 0 Å². The van der Waals surface area contributed by atoms with Gasteiger partial charge in [0.15, 0.2) is 9.84 Å². The molecule has 1 aromatic carbocycles. The van der Waals surface area contributed by atoms with Gasteiger partial charge in [0.2, 0.25) is 0 Å². The molecule has 0 radical (unpaired) electrons. The molecular weight excluding hydrogens is 282 g/mol. The van der Waals surface area contributed by atoms with Crippen molar-refractivity contribution in [3.8, 4) is 0 Å². The van der Waals surface area contributed by atoms with Crippen LogP contribution in [0.4, 0.5) is 0 Å². The van der Waals surface area contributed by atoms with E-state index in [1.54, 1.807) is 18.2 Å². The highest BCUT2D eigenvalue weighted by molar-refractivity contribution is 9.10. The zero-order valence-electron chi connectivity index (χ0n) is 8.23. The minimum absolute atomic E-state index is 0.291. The monoisotopic (exact) mass is 293 g/mol. The molecule has 0 amide bonds. The summed E-state index contributed by atoms with van der Waals surface area (Å²) in [5.41, 5.74) is 0.706. The molecule has 0 aliphatic carbocycles. The van der Waals surface area contributed by atoms with Gasteiger partial charge in [0.25, 0.3) is 0 Å². The van der Waals surface area contributed by atoms with Gasteiger partial charge >= 0.3 is 0 Å². The maximum absolute atomic E-state index is 11.4. The second-order valence-corrected chi connectivity index (χ2v) is 6.04. The Labute approximate surface area is 97.4 Å². The number of halogens is 1. The van der Waals surface area contributed by atoms with E-state index >= 15 is 0 Å². The van der Waals surface area contributed by atoms with Crippen LogP contribution in [-0.2, 0) is 21.1 Å². The molecule has 0 aliphatic rings. The first-order valence-electron chi connectivity index (χ1n) is 4.25. The SMILES string of the molecule is CS(=O)(=O)c1ccc(Br)cc1CCON. The Balaban J connectivity index is 3.15. The van der Waals surface area contributed by atoms with Gasteiger partial charge in [0.05, 0.1) is 11.5 Å². The minimum Gasteiger partial charge on any atom is -0.304 e. The zero-order chi connectivity index (χ0) is 11.5. The zero-order valence-corrected chi connectivity index (χ0v) is 10.6. The summed E-state index contributed by atoms with van der Waals surface area (Å²) in [4.78, 5) is 4.77. The summed E-state index contributed by atoms with van der Waals surface area (Å²) in [7, 11) is -3.20. The van der Waals surface area contributed by atoms with Crippen molar-refractivity contribution in [2.75, 3.05) is 12.9 Å². The number of rotatable bonds is 4. The van der Waals surface area contributed by atoms with Crippen LogP contribution in [0.2, 0.25) is 0 Å². The third-order valence-electron chi connectivity index (χ3n) is 1.91. The van der Waals surface area contributed by atoms with Crippen LogP contribution in [0.25, 0.3) is 0 Å². The fourth-order valence-corrected chi connectivity index (χ4v) is 2.63. The van der Waals surface area contributed by atoms with Crippen molar-refractivity contribution < 1.29 is 13.3 Å². The van der Waals surface area contributed by atoms with E-state index in [9.17, 15) is 8.42 Å². The molecule has 0 aromatic heterocycles. The molecule has 0 heterocycles. The first-order chi connectivity index (χ1) is 6.95. The molecule has 2 N–H and O–H groups in total. The average Bonchev–Trinajstić information content (AvgIpc) is 2.12. The Morgan fingerprint density at radius 3 is 2.67 bits per heavy atom.